The topological polar surface area (TPSA) is 53.1 Å². The number of nitrogen functional groups attached to an aromatic ring is 1. The molecule has 1 aromatic rings. The molecule has 3 N–H and O–H groups in total. The van der Waals surface area contributed by atoms with Crippen molar-refractivity contribution in [3.8, 4) is 0 Å². The van der Waals surface area contributed by atoms with Crippen LogP contribution in [0.15, 0.2) is 22.7 Å². The molecule has 0 unspecified atom stereocenters. The van der Waals surface area contributed by atoms with Crippen LogP contribution in [0.3, 0.4) is 0 Å². The fourth-order valence-corrected chi connectivity index (χ4v) is 2.15. The molecule has 0 radical (unpaired) electrons. The average Bonchev–Trinajstić information content (AvgIpc) is 2.27. The first-order chi connectivity index (χ1) is 7.79. The zero-order valence-corrected chi connectivity index (χ0v) is 12.4. The molecule has 0 aliphatic heterocycles. The summed E-state index contributed by atoms with van der Waals surface area (Å²) in [6.45, 7) is 6.59. The van der Waals surface area contributed by atoms with E-state index >= 15 is 0 Å². The smallest absolute Gasteiger partial charge is 0.122 e. The summed E-state index contributed by atoms with van der Waals surface area (Å²) in [6, 6.07) is 5.77. The summed E-state index contributed by atoms with van der Waals surface area (Å²) in [6.07, 6.45) is 1.06. The van der Waals surface area contributed by atoms with E-state index in [0.717, 1.165) is 22.1 Å². The van der Waals surface area contributed by atoms with Crippen LogP contribution in [0.25, 0.3) is 0 Å². The first kappa shape index (κ1) is 14.0. The van der Waals surface area contributed by atoms with Crippen LogP contribution in [0.5, 0.6) is 0 Å². The summed E-state index contributed by atoms with van der Waals surface area (Å²) in [7, 11) is 2.08. The van der Waals surface area contributed by atoms with Gasteiger partial charge in [0.15, 0.2) is 0 Å². The molecule has 17 heavy (non-hydrogen) atoms. The summed E-state index contributed by atoms with van der Waals surface area (Å²) in [5, 5.41) is 7.41. The van der Waals surface area contributed by atoms with E-state index in [1.165, 1.54) is 0 Å². The van der Waals surface area contributed by atoms with Gasteiger partial charge in [0, 0.05) is 22.6 Å². The molecule has 0 aliphatic rings. The van der Waals surface area contributed by atoms with Crippen molar-refractivity contribution >= 4 is 27.5 Å². The lowest BCUT2D eigenvalue weighted by Crippen LogP contribution is -2.40. The van der Waals surface area contributed by atoms with E-state index in [0.29, 0.717) is 0 Å². The first-order valence-electron chi connectivity index (χ1n) is 5.67. The number of benzene rings is 1. The minimum Gasteiger partial charge on any atom is -0.384 e. The molecule has 94 valence electrons. The second-order valence-corrected chi connectivity index (χ2v) is 5.66. The van der Waals surface area contributed by atoms with Gasteiger partial charge in [0.2, 0.25) is 0 Å². The fourth-order valence-electron chi connectivity index (χ4n) is 1.51. The van der Waals surface area contributed by atoms with Crippen LogP contribution < -0.4 is 10.6 Å². The van der Waals surface area contributed by atoms with Crippen LogP contribution in [0.1, 0.15) is 32.8 Å². The van der Waals surface area contributed by atoms with Gasteiger partial charge in [0.25, 0.3) is 0 Å². The minimum absolute atomic E-state index is 0.0923. The summed E-state index contributed by atoms with van der Waals surface area (Å²) in [4.78, 5) is 2.24. The molecule has 0 saturated heterocycles. The van der Waals surface area contributed by atoms with Crippen LogP contribution in [-0.2, 0) is 0 Å². The Labute approximate surface area is 112 Å². The van der Waals surface area contributed by atoms with Crippen LogP contribution in [0.4, 0.5) is 5.69 Å². The third kappa shape index (κ3) is 3.00. The monoisotopic (exact) mass is 297 g/mol. The van der Waals surface area contributed by atoms with E-state index in [-0.39, 0.29) is 11.4 Å². The summed E-state index contributed by atoms with van der Waals surface area (Å²) in [5.41, 5.74) is 7.42. The normalized spacial score (nSPS) is 11.4. The maximum absolute atomic E-state index is 7.41. The highest BCUT2D eigenvalue weighted by atomic mass is 79.9. The van der Waals surface area contributed by atoms with Crippen LogP contribution >= 0.6 is 15.9 Å². The van der Waals surface area contributed by atoms with Crippen molar-refractivity contribution in [2.75, 3.05) is 11.9 Å². The number of halogens is 1. The number of rotatable bonds is 4. The molecule has 0 atom stereocenters. The van der Waals surface area contributed by atoms with Crippen molar-refractivity contribution in [1.29, 1.82) is 5.41 Å². The van der Waals surface area contributed by atoms with Gasteiger partial charge in [-0.3, -0.25) is 5.41 Å². The quantitative estimate of drug-likeness (QED) is 0.661. The van der Waals surface area contributed by atoms with Crippen molar-refractivity contribution in [3.63, 3.8) is 0 Å². The number of hydrogen-bond donors (Lipinski definition) is 2. The summed E-state index contributed by atoms with van der Waals surface area (Å²) in [5.74, 6) is 0.0923. The van der Waals surface area contributed by atoms with Gasteiger partial charge >= 0.3 is 0 Å². The van der Waals surface area contributed by atoms with Gasteiger partial charge in [0.1, 0.15) is 5.84 Å². The van der Waals surface area contributed by atoms with Gasteiger partial charge in [-0.25, -0.2) is 0 Å². The highest BCUT2D eigenvalue weighted by Gasteiger charge is 2.23. The Balaban J connectivity index is 3.12. The molecule has 0 fully saturated rings. The van der Waals surface area contributed by atoms with E-state index in [2.05, 4.69) is 48.6 Å². The second-order valence-electron chi connectivity index (χ2n) is 4.80. The number of nitrogens with one attached hydrogen (secondary N) is 1. The lowest BCUT2D eigenvalue weighted by molar-refractivity contribution is 0.470. The Bertz CT molecular complexity index is 427. The van der Waals surface area contributed by atoms with Gasteiger partial charge in [-0.1, -0.05) is 6.92 Å². The molecule has 4 heteroatoms. The van der Waals surface area contributed by atoms with Gasteiger partial charge in [-0.05, 0) is 54.4 Å². The van der Waals surface area contributed by atoms with Crippen molar-refractivity contribution in [2.45, 2.75) is 32.7 Å². The zero-order valence-electron chi connectivity index (χ0n) is 10.8. The SMILES string of the molecule is CCC(C)(C)N(C)c1ccc(C(=N)N)cc1Br. The maximum atomic E-state index is 7.41. The number of nitrogens with two attached hydrogens (primary N) is 1. The van der Waals surface area contributed by atoms with Crippen molar-refractivity contribution in [1.82, 2.24) is 0 Å². The molecular weight excluding hydrogens is 278 g/mol. The van der Waals surface area contributed by atoms with E-state index in [1.54, 1.807) is 0 Å². The predicted octanol–water partition coefficient (Wildman–Crippen LogP) is 3.36. The van der Waals surface area contributed by atoms with Crippen molar-refractivity contribution in [3.05, 3.63) is 28.2 Å². The molecule has 3 nitrogen and oxygen atoms in total. The van der Waals surface area contributed by atoms with E-state index in [4.69, 9.17) is 11.1 Å². The molecule has 0 heterocycles. The molecule has 0 amide bonds. The number of hydrogen-bond acceptors (Lipinski definition) is 2. The van der Waals surface area contributed by atoms with E-state index < -0.39 is 0 Å². The minimum atomic E-state index is 0.0923. The number of nitrogens with zero attached hydrogens (tertiary/aromatic N) is 1. The van der Waals surface area contributed by atoms with Gasteiger partial charge in [-0.2, -0.15) is 0 Å². The van der Waals surface area contributed by atoms with Gasteiger partial charge in [-0.15, -0.1) is 0 Å². The Morgan fingerprint density at radius 3 is 2.47 bits per heavy atom. The number of amidine groups is 1. The summed E-state index contributed by atoms with van der Waals surface area (Å²) >= 11 is 3.54. The predicted molar refractivity (Wildman–Crippen MR) is 77.9 cm³/mol. The Morgan fingerprint density at radius 1 is 1.47 bits per heavy atom. The average molecular weight is 298 g/mol. The van der Waals surface area contributed by atoms with Crippen molar-refractivity contribution < 1.29 is 0 Å². The standard InChI is InChI=1S/C13H20BrN3/c1-5-13(2,3)17(4)11-7-6-9(12(15)16)8-10(11)14/h6-8H,5H2,1-4H3,(H3,15,16). The number of anilines is 1. The highest BCUT2D eigenvalue weighted by molar-refractivity contribution is 9.10. The third-order valence-corrected chi connectivity index (χ3v) is 4.03. The maximum Gasteiger partial charge on any atom is 0.122 e. The van der Waals surface area contributed by atoms with Crippen LogP contribution in [0, 0.1) is 5.41 Å². The fraction of sp³-hybridized carbons (Fsp3) is 0.462. The van der Waals surface area contributed by atoms with Gasteiger partial charge in [0.05, 0.1) is 5.69 Å². The molecule has 0 spiro atoms. The molecule has 0 bridgehead atoms. The molecule has 0 saturated carbocycles. The van der Waals surface area contributed by atoms with Crippen LogP contribution in [-0.4, -0.2) is 18.4 Å². The van der Waals surface area contributed by atoms with Crippen molar-refractivity contribution in [2.24, 2.45) is 5.73 Å². The second kappa shape index (κ2) is 5.08. The largest absolute Gasteiger partial charge is 0.384 e. The lowest BCUT2D eigenvalue weighted by atomic mass is 9.99. The van der Waals surface area contributed by atoms with E-state index in [1.807, 2.05) is 18.2 Å². The third-order valence-electron chi connectivity index (χ3n) is 3.39. The molecule has 1 rings (SSSR count). The first-order valence-corrected chi connectivity index (χ1v) is 6.46. The van der Waals surface area contributed by atoms with E-state index in [9.17, 15) is 0 Å². The zero-order chi connectivity index (χ0) is 13.2. The Kier molecular flexibility index (Phi) is 4.20. The Hall–Kier alpha value is -1.03. The molecule has 1 aromatic carbocycles. The molecular formula is C13H20BrN3. The summed E-state index contributed by atoms with van der Waals surface area (Å²) < 4.78 is 0.967. The van der Waals surface area contributed by atoms with Gasteiger partial charge < -0.3 is 10.6 Å². The Morgan fingerprint density at radius 2 is 2.06 bits per heavy atom. The molecule has 0 aliphatic carbocycles. The molecule has 0 aromatic heterocycles. The van der Waals surface area contributed by atoms with Crippen LogP contribution in [0.2, 0.25) is 0 Å². The highest BCUT2D eigenvalue weighted by Crippen LogP contribution is 2.32. The lowest BCUT2D eigenvalue weighted by Gasteiger charge is -2.37.